The summed E-state index contributed by atoms with van der Waals surface area (Å²) in [5.74, 6) is 0.0893. The molecule has 0 amide bonds. The number of ketones is 1. The summed E-state index contributed by atoms with van der Waals surface area (Å²) >= 11 is 2.26. The molecule has 1 aromatic carbocycles. The monoisotopic (exact) mass is 390 g/mol. The third-order valence-electron chi connectivity index (χ3n) is 3.33. The SMILES string of the molecule is Cc1cc(C=N)c(NPI)cc1C1CCOCC1=O. The summed E-state index contributed by atoms with van der Waals surface area (Å²) in [7, 11) is 0. The first-order chi connectivity index (χ1) is 9.17. The summed E-state index contributed by atoms with van der Waals surface area (Å²) in [6, 6.07) is 4.00. The number of carbonyl (C=O) groups is 1. The van der Waals surface area contributed by atoms with Crippen molar-refractivity contribution in [3.8, 4) is 0 Å². The Morgan fingerprint density at radius 2 is 2.37 bits per heavy atom. The fraction of sp³-hybridized carbons (Fsp3) is 0.385. The molecule has 0 radical (unpaired) electrons. The van der Waals surface area contributed by atoms with Gasteiger partial charge in [-0.25, -0.2) is 0 Å². The van der Waals surface area contributed by atoms with Gasteiger partial charge in [-0.05, 0) is 58.6 Å². The zero-order chi connectivity index (χ0) is 13.8. The zero-order valence-electron chi connectivity index (χ0n) is 10.6. The van der Waals surface area contributed by atoms with Crippen molar-refractivity contribution in [2.45, 2.75) is 19.3 Å². The van der Waals surface area contributed by atoms with E-state index in [0.717, 1.165) is 28.8 Å². The molecule has 1 aliphatic rings. The molecule has 2 atom stereocenters. The Balaban J connectivity index is 2.41. The molecule has 2 rings (SSSR count). The number of hydrogen-bond acceptors (Lipinski definition) is 4. The van der Waals surface area contributed by atoms with E-state index in [1.165, 1.54) is 6.21 Å². The number of hydrogen-bond donors (Lipinski definition) is 2. The van der Waals surface area contributed by atoms with Gasteiger partial charge in [-0.15, -0.1) is 0 Å². The Morgan fingerprint density at radius 3 is 3.00 bits per heavy atom. The summed E-state index contributed by atoms with van der Waals surface area (Å²) < 4.78 is 5.19. The third kappa shape index (κ3) is 3.33. The molecule has 2 unspecified atom stereocenters. The van der Waals surface area contributed by atoms with Crippen LogP contribution in [0, 0.1) is 12.3 Å². The number of nitrogens with one attached hydrogen (secondary N) is 2. The minimum atomic E-state index is -0.0633. The van der Waals surface area contributed by atoms with Gasteiger partial charge < -0.3 is 15.2 Å². The van der Waals surface area contributed by atoms with E-state index in [4.69, 9.17) is 10.1 Å². The first-order valence-corrected chi connectivity index (χ1v) is 10.2. The molecule has 1 saturated heterocycles. The molecular formula is C13H16IN2O2P. The third-order valence-corrected chi connectivity index (χ3v) is 4.51. The van der Waals surface area contributed by atoms with Gasteiger partial charge in [0.1, 0.15) is 6.61 Å². The molecule has 2 N–H and O–H groups in total. The predicted molar refractivity (Wildman–Crippen MR) is 88.2 cm³/mol. The Bertz CT molecular complexity index is 508. The van der Waals surface area contributed by atoms with E-state index < -0.39 is 0 Å². The molecule has 1 aliphatic heterocycles. The molecule has 4 nitrogen and oxygen atoms in total. The van der Waals surface area contributed by atoms with Gasteiger partial charge in [-0.2, -0.15) is 0 Å². The second-order valence-electron chi connectivity index (χ2n) is 4.52. The molecule has 0 saturated carbocycles. The van der Waals surface area contributed by atoms with E-state index in [0.29, 0.717) is 13.0 Å². The molecule has 0 aromatic heterocycles. The van der Waals surface area contributed by atoms with Crippen LogP contribution in [0.4, 0.5) is 5.69 Å². The Morgan fingerprint density at radius 1 is 1.58 bits per heavy atom. The molecule has 1 fully saturated rings. The van der Waals surface area contributed by atoms with Crippen LogP contribution in [0.1, 0.15) is 29.0 Å². The van der Waals surface area contributed by atoms with Gasteiger partial charge >= 0.3 is 0 Å². The van der Waals surface area contributed by atoms with E-state index in [9.17, 15) is 4.79 Å². The lowest BCUT2D eigenvalue weighted by Crippen LogP contribution is -2.26. The topological polar surface area (TPSA) is 62.2 Å². The van der Waals surface area contributed by atoms with Gasteiger partial charge in [-0.1, -0.05) is 0 Å². The van der Waals surface area contributed by atoms with E-state index >= 15 is 0 Å². The highest BCUT2D eigenvalue weighted by Crippen LogP contribution is 2.33. The Hall–Kier alpha value is -0.520. The zero-order valence-corrected chi connectivity index (χ0v) is 13.8. The van der Waals surface area contributed by atoms with E-state index in [2.05, 4.69) is 27.1 Å². The van der Waals surface area contributed by atoms with Crippen LogP contribution in [-0.2, 0) is 9.53 Å². The van der Waals surface area contributed by atoms with Crippen molar-refractivity contribution in [2.24, 2.45) is 0 Å². The van der Waals surface area contributed by atoms with Crippen molar-refractivity contribution in [2.75, 3.05) is 18.3 Å². The number of anilines is 1. The minimum Gasteiger partial charge on any atom is -0.374 e. The molecule has 0 bridgehead atoms. The van der Waals surface area contributed by atoms with E-state index in [1.807, 2.05) is 19.1 Å². The molecule has 1 aromatic rings. The minimum absolute atomic E-state index is 0.0633. The maximum Gasteiger partial charge on any atom is 0.165 e. The van der Waals surface area contributed by atoms with Crippen LogP contribution in [0.5, 0.6) is 0 Å². The van der Waals surface area contributed by atoms with Gasteiger partial charge in [0, 0.05) is 36.4 Å². The second kappa shape index (κ2) is 6.77. The van der Waals surface area contributed by atoms with E-state index in [1.54, 1.807) is 0 Å². The smallest absolute Gasteiger partial charge is 0.165 e. The number of carbonyl (C=O) groups excluding carboxylic acids is 1. The summed E-state index contributed by atoms with van der Waals surface area (Å²) in [6.45, 7) is 2.85. The molecule has 0 aliphatic carbocycles. The predicted octanol–water partition coefficient (Wildman–Crippen LogP) is 3.42. The standard InChI is InChI=1S/C13H16IN2O2P/c1-8-4-9(6-15)12(16-19-14)5-11(8)10-2-3-18-7-13(10)17/h4-6,10,15-16,19H,2-3,7H2,1H3. The maximum absolute atomic E-state index is 12.0. The van der Waals surface area contributed by atoms with Gasteiger partial charge in [0.15, 0.2) is 5.78 Å². The number of aryl methyl sites for hydroxylation is 1. The van der Waals surface area contributed by atoms with Crippen LogP contribution in [0.2, 0.25) is 0 Å². The first kappa shape index (κ1) is 14.9. The number of benzene rings is 1. The largest absolute Gasteiger partial charge is 0.374 e. The highest BCUT2D eigenvalue weighted by molar-refractivity contribution is 14.2. The summed E-state index contributed by atoms with van der Waals surface area (Å²) in [6.07, 6.45) is 2.63. The normalized spacial score (nSPS) is 19.9. The highest BCUT2D eigenvalue weighted by atomic mass is 127. The van der Waals surface area contributed by atoms with Gasteiger partial charge in [0.25, 0.3) is 0 Å². The maximum atomic E-state index is 12.0. The van der Waals surface area contributed by atoms with Crippen LogP contribution in [0.3, 0.4) is 0 Å². The quantitative estimate of drug-likeness (QED) is 0.471. The molecule has 0 spiro atoms. The van der Waals surface area contributed by atoms with Crippen LogP contribution >= 0.6 is 28.4 Å². The average Bonchev–Trinajstić information content (AvgIpc) is 2.41. The van der Waals surface area contributed by atoms with Crippen LogP contribution in [0.15, 0.2) is 12.1 Å². The Labute approximate surface area is 127 Å². The van der Waals surface area contributed by atoms with Crippen LogP contribution in [0.25, 0.3) is 0 Å². The van der Waals surface area contributed by atoms with Gasteiger partial charge in [-0.3, -0.25) is 4.79 Å². The van der Waals surface area contributed by atoms with Crippen LogP contribution < -0.4 is 5.09 Å². The lowest BCUT2D eigenvalue weighted by Gasteiger charge is -2.24. The molecule has 102 valence electrons. The molecular weight excluding hydrogens is 374 g/mol. The van der Waals surface area contributed by atoms with Crippen molar-refractivity contribution in [3.63, 3.8) is 0 Å². The molecule has 6 heteroatoms. The lowest BCUT2D eigenvalue weighted by atomic mass is 9.86. The molecule has 19 heavy (non-hydrogen) atoms. The van der Waals surface area contributed by atoms with E-state index in [-0.39, 0.29) is 18.3 Å². The van der Waals surface area contributed by atoms with Crippen LogP contribution in [-0.4, -0.2) is 25.2 Å². The number of Topliss-reactive ketones (excluding diaryl/α,β-unsaturated/α-hetero) is 1. The Kier molecular flexibility index (Phi) is 5.30. The number of halogens is 1. The van der Waals surface area contributed by atoms with Crippen molar-refractivity contribution in [3.05, 3.63) is 28.8 Å². The number of ether oxygens (including phenoxy) is 1. The summed E-state index contributed by atoms with van der Waals surface area (Å²) in [5.41, 5.74) is 3.93. The number of rotatable bonds is 4. The van der Waals surface area contributed by atoms with Gasteiger partial charge in [0.05, 0.1) is 0 Å². The first-order valence-electron chi connectivity index (χ1n) is 6.04. The second-order valence-corrected chi connectivity index (χ2v) is 6.58. The van der Waals surface area contributed by atoms with Gasteiger partial charge in [0.2, 0.25) is 0 Å². The summed E-state index contributed by atoms with van der Waals surface area (Å²) in [4.78, 5) is 12.0. The van der Waals surface area contributed by atoms with Crippen molar-refractivity contribution in [1.29, 1.82) is 5.41 Å². The average molecular weight is 390 g/mol. The fourth-order valence-corrected chi connectivity index (χ4v) is 3.56. The van der Waals surface area contributed by atoms with Crippen molar-refractivity contribution in [1.82, 2.24) is 0 Å². The van der Waals surface area contributed by atoms with Crippen molar-refractivity contribution >= 4 is 46.1 Å². The highest BCUT2D eigenvalue weighted by Gasteiger charge is 2.26. The van der Waals surface area contributed by atoms with Crippen molar-refractivity contribution < 1.29 is 9.53 Å². The lowest BCUT2D eigenvalue weighted by molar-refractivity contribution is -0.129. The summed E-state index contributed by atoms with van der Waals surface area (Å²) in [5, 5.41) is 10.7. The molecule has 1 heterocycles. The fourth-order valence-electron chi connectivity index (χ4n) is 2.37.